The van der Waals surface area contributed by atoms with Crippen LogP contribution in [0, 0.1) is 11.8 Å². The van der Waals surface area contributed by atoms with Crippen molar-refractivity contribution in [2.24, 2.45) is 11.8 Å². The van der Waals surface area contributed by atoms with Crippen molar-refractivity contribution in [3.05, 3.63) is 17.5 Å². The monoisotopic (exact) mass is 300 g/mol. The van der Waals surface area contributed by atoms with E-state index in [4.69, 9.17) is 0 Å². The van der Waals surface area contributed by atoms with Crippen molar-refractivity contribution >= 4 is 15.9 Å². The maximum absolute atomic E-state index is 4.62. The van der Waals surface area contributed by atoms with E-state index in [1.807, 2.05) is 0 Å². The highest BCUT2D eigenvalue weighted by Gasteiger charge is 2.21. The second kappa shape index (κ2) is 6.58. The number of alkyl halides is 1. The van der Waals surface area contributed by atoms with Crippen LogP contribution in [0.3, 0.4) is 0 Å². The topological polar surface area (TPSA) is 17.8 Å². The molecule has 1 aromatic heterocycles. The van der Waals surface area contributed by atoms with Gasteiger partial charge >= 0.3 is 0 Å². The fourth-order valence-electron chi connectivity index (χ4n) is 2.30. The molecule has 1 aromatic rings. The van der Waals surface area contributed by atoms with Crippen LogP contribution in [0.5, 0.6) is 0 Å². The maximum atomic E-state index is 4.62. The molecular formula is C14H25BrN2. The summed E-state index contributed by atoms with van der Waals surface area (Å²) in [5.74, 6) is 1.36. The standard InChI is InChI=1S/C14H25BrN2/c1-6-12-8-13(17(7-2)16-12)9-14(10(3)4)11(5)15/h8,10-11,14H,6-7,9H2,1-5H3. The molecule has 0 aliphatic carbocycles. The maximum Gasteiger partial charge on any atom is 0.0624 e. The number of nitrogens with zero attached hydrogens (tertiary/aromatic N) is 2. The van der Waals surface area contributed by atoms with Gasteiger partial charge in [-0.2, -0.15) is 5.10 Å². The van der Waals surface area contributed by atoms with Crippen molar-refractivity contribution in [1.82, 2.24) is 9.78 Å². The average molecular weight is 301 g/mol. The van der Waals surface area contributed by atoms with Gasteiger partial charge in [0.2, 0.25) is 0 Å². The molecule has 0 aromatic carbocycles. The molecule has 0 aliphatic heterocycles. The largest absolute Gasteiger partial charge is 0.270 e. The lowest BCUT2D eigenvalue weighted by atomic mass is 9.88. The average Bonchev–Trinajstić information content (AvgIpc) is 2.67. The van der Waals surface area contributed by atoms with Crippen molar-refractivity contribution in [2.45, 2.75) is 58.8 Å². The summed E-state index contributed by atoms with van der Waals surface area (Å²) < 4.78 is 2.16. The van der Waals surface area contributed by atoms with E-state index in [0.717, 1.165) is 19.4 Å². The Kier molecular flexibility index (Phi) is 5.71. The highest BCUT2D eigenvalue weighted by Crippen LogP contribution is 2.25. The summed E-state index contributed by atoms with van der Waals surface area (Å²) in [5.41, 5.74) is 2.60. The zero-order chi connectivity index (χ0) is 13.0. The first-order valence-corrected chi connectivity index (χ1v) is 7.60. The van der Waals surface area contributed by atoms with Crippen LogP contribution in [0.25, 0.3) is 0 Å². The normalized spacial score (nSPS) is 15.2. The van der Waals surface area contributed by atoms with Gasteiger partial charge in [0.15, 0.2) is 0 Å². The number of hydrogen-bond acceptors (Lipinski definition) is 1. The molecule has 0 N–H and O–H groups in total. The Labute approximate surface area is 114 Å². The van der Waals surface area contributed by atoms with Gasteiger partial charge in [-0.05, 0) is 37.7 Å². The third kappa shape index (κ3) is 3.84. The SMILES string of the molecule is CCc1cc(CC(C(C)C)C(C)Br)n(CC)n1. The molecule has 2 unspecified atom stereocenters. The van der Waals surface area contributed by atoms with Crippen molar-refractivity contribution in [3.63, 3.8) is 0 Å². The van der Waals surface area contributed by atoms with Crippen LogP contribution in [-0.2, 0) is 19.4 Å². The zero-order valence-corrected chi connectivity index (χ0v) is 13.3. The number of aryl methyl sites for hydroxylation is 2. The third-order valence-corrected chi connectivity index (χ3v) is 4.15. The van der Waals surface area contributed by atoms with Crippen LogP contribution in [0.4, 0.5) is 0 Å². The van der Waals surface area contributed by atoms with Crippen LogP contribution in [-0.4, -0.2) is 14.6 Å². The molecule has 0 bridgehead atoms. The molecule has 0 saturated heterocycles. The lowest BCUT2D eigenvalue weighted by Gasteiger charge is -2.23. The van der Waals surface area contributed by atoms with Gasteiger partial charge in [-0.3, -0.25) is 4.68 Å². The zero-order valence-electron chi connectivity index (χ0n) is 11.7. The van der Waals surface area contributed by atoms with Crippen LogP contribution in [0.2, 0.25) is 0 Å². The second-order valence-electron chi connectivity index (χ2n) is 5.09. The summed E-state index contributed by atoms with van der Waals surface area (Å²) in [5, 5.41) is 4.62. The van der Waals surface area contributed by atoms with Gasteiger partial charge in [-0.1, -0.05) is 43.6 Å². The van der Waals surface area contributed by atoms with Gasteiger partial charge in [0, 0.05) is 17.1 Å². The van der Waals surface area contributed by atoms with Crippen LogP contribution in [0.15, 0.2) is 6.07 Å². The quantitative estimate of drug-likeness (QED) is 0.724. The predicted molar refractivity (Wildman–Crippen MR) is 77.7 cm³/mol. The van der Waals surface area contributed by atoms with E-state index in [2.05, 4.69) is 66.4 Å². The van der Waals surface area contributed by atoms with E-state index >= 15 is 0 Å². The molecule has 0 aliphatic rings. The molecule has 2 atom stereocenters. The van der Waals surface area contributed by atoms with Gasteiger partial charge in [0.05, 0.1) is 5.69 Å². The first-order valence-electron chi connectivity index (χ1n) is 6.69. The summed E-state index contributed by atoms with van der Waals surface area (Å²) in [6.07, 6.45) is 2.14. The van der Waals surface area contributed by atoms with E-state index in [1.165, 1.54) is 11.4 Å². The van der Waals surface area contributed by atoms with E-state index in [-0.39, 0.29) is 0 Å². The Hall–Kier alpha value is -0.310. The molecule has 0 fully saturated rings. The minimum Gasteiger partial charge on any atom is -0.270 e. The fraction of sp³-hybridized carbons (Fsp3) is 0.786. The fourth-order valence-corrected chi connectivity index (χ4v) is 3.09. The van der Waals surface area contributed by atoms with Gasteiger partial charge < -0.3 is 0 Å². The molecule has 1 rings (SSSR count). The third-order valence-electron chi connectivity index (χ3n) is 3.47. The molecule has 0 amide bonds. The van der Waals surface area contributed by atoms with Crippen molar-refractivity contribution < 1.29 is 0 Å². The van der Waals surface area contributed by atoms with E-state index < -0.39 is 0 Å². The molecule has 17 heavy (non-hydrogen) atoms. The molecule has 0 spiro atoms. The van der Waals surface area contributed by atoms with Crippen molar-refractivity contribution in [1.29, 1.82) is 0 Å². The summed E-state index contributed by atoms with van der Waals surface area (Å²) in [4.78, 5) is 0.549. The first kappa shape index (κ1) is 14.7. The Bertz CT molecular complexity index is 334. The second-order valence-corrected chi connectivity index (χ2v) is 6.53. The smallest absolute Gasteiger partial charge is 0.0624 e. The lowest BCUT2D eigenvalue weighted by molar-refractivity contribution is 0.373. The Morgan fingerprint density at radius 1 is 1.29 bits per heavy atom. The minimum absolute atomic E-state index is 0.549. The van der Waals surface area contributed by atoms with Crippen molar-refractivity contribution in [3.8, 4) is 0 Å². The van der Waals surface area contributed by atoms with Gasteiger partial charge in [0.25, 0.3) is 0 Å². The molecule has 1 heterocycles. The van der Waals surface area contributed by atoms with Crippen LogP contribution in [0.1, 0.15) is 46.0 Å². The lowest BCUT2D eigenvalue weighted by Crippen LogP contribution is -2.22. The summed E-state index contributed by atoms with van der Waals surface area (Å²) in [6, 6.07) is 2.27. The van der Waals surface area contributed by atoms with Gasteiger partial charge in [-0.15, -0.1) is 0 Å². The van der Waals surface area contributed by atoms with Gasteiger partial charge in [-0.25, -0.2) is 0 Å². The van der Waals surface area contributed by atoms with Crippen molar-refractivity contribution in [2.75, 3.05) is 0 Å². The summed E-state index contributed by atoms with van der Waals surface area (Å²) in [6.45, 7) is 12.2. The Balaban J connectivity index is 2.88. The number of halogens is 1. The van der Waals surface area contributed by atoms with E-state index in [9.17, 15) is 0 Å². The highest BCUT2D eigenvalue weighted by atomic mass is 79.9. The van der Waals surface area contributed by atoms with Gasteiger partial charge in [0.1, 0.15) is 0 Å². The molecular weight excluding hydrogens is 276 g/mol. The number of rotatable bonds is 6. The molecule has 3 heteroatoms. The van der Waals surface area contributed by atoms with E-state index in [1.54, 1.807) is 0 Å². The molecule has 2 nitrogen and oxygen atoms in total. The minimum atomic E-state index is 0.549. The first-order chi connectivity index (χ1) is 7.99. The summed E-state index contributed by atoms with van der Waals surface area (Å²) >= 11 is 3.74. The molecule has 0 saturated carbocycles. The molecule has 0 radical (unpaired) electrons. The highest BCUT2D eigenvalue weighted by molar-refractivity contribution is 9.09. The predicted octanol–water partition coefficient (Wildman–Crippen LogP) is 4.06. The Morgan fingerprint density at radius 2 is 1.94 bits per heavy atom. The number of hydrogen-bond donors (Lipinski definition) is 0. The van der Waals surface area contributed by atoms with Crippen LogP contribution >= 0.6 is 15.9 Å². The Morgan fingerprint density at radius 3 is 2.35 bits per heavy atom. The van der Waals surface area contributed by atoms with E-state index in [0.29, 0.717) is 16.7 Å². The molecule has 98 valence electrons. The number of aromatic nitrogens is 2. The summed E-state index contributed by atoms with van der Waals surface area (Å²) in [7, 11) is 0. The van der Waals surface area contributed by atoms with Crippen LogP contribution < -0.4 is 0 Å².